The molecule has 214 valence electrons. The molecule has 0 radical (unpaired) electrons. The van der Waals surface area contributed by atoms with Gasteiger partial charge >= 0.3 is 12.1 Å². The minimum atomic E-state index is -5.03. The zero-order valence-corrected chi connectivity index (χ0v) is 22.8. The summed E-state index contributed by atoms with van der Waals surface area (Å²) in [5, 5.41) is -0.175. The monoisotopic (exact) mass is 568 g/mol. The lowest BCUT2D eigenvalue weighted by atomic mass is 10.1. The second kappa shape index (κ2) is 12.2. The highest BCUT2D eigenvalue weighted by atomic mass is 19.4. The molecule has 4 rings (SSSR count). The summed E-state index contributed by atoms with van der Waals surface area (Å²) in [6.45, 7) is 8.06. The third kappa shape index (κ3) is 7.08. The minimum absolute atomic E-state index is 0.0675. The first kappa shape index (κ1) is 29.3. The van der Waals surface area contributed by atoms with Crippen LogP contribution in [0.3, 0.4) is 0 Å². The van der Waals surface area contributed by atoms with Crippen LogP contribution >= 0.6 is 0 Å². The van der Waals surface area contributed by atoms with Gasteiger partial charge in [0.1, 0.15) is 17.1 Å². The van der Waals surface area contributed by atoms with Crippen molar-refractivity contribution < 1.29 is 41.3 Å². The number of halogens is 3. The molecule has 10 heteroatoms. The molecule has 0 spiro atoms. The van der Waals surface area contributed by atoms with Gasteiger partial charge in [0.2, 0.25) is 11.2 Å². The van der Waals surface area contributed by atoms with Crippen molar-refractivity contribution in [3.63, 3.8) is 0 Å². The van der Waals surface area contributed by atoms with Crippen LogP contribution in [0.1, 0.15) is 36.3 Å². The maximum Gasteiger partial charge on any atom is 0.453 e. The van der Waals surface area contributed by atoms with Gasteiger partial charge in [-0.15, -0.1) is 0 Å². The normalized spacial score (nSPS) is 11.6. The number of benzene rings is 3. The fourth-order valence-electron chi connectivity index (χ4n) is 4.09. The zero-order valence-electron chi connectivity index (χ0n) is 22.8. The van der Waals surface area contributed by atoms with Crippen molar-refractivity contribution in [1.29, 1.82) is 0 Å². The number of aryl methyl sites for hydroxylation is 2. The van der Waals surface area contributed by atoms with Crippen LogP contribution in [0.25, 0.3) is 17.0 Å². The third-order valence-electron chi connectivity index (χ3n) is 5.69. The van der Waals surface area contributed by atoms with Crippen molar-refractivity contribution in [3.8, 4) is 28.7 Å². The molecule has 0 saturated heterocycles. The Hall–Kier alpha value is -4.73. The molecule has 0 N–H and O–H groups in total. The second-order valence-electron chi connectivity index (χ2n) is 9.00. The Morgan fingerprint density at radius 3 is 2.22 bits per heavy atom. The molecule has 7 nitrogen and oxygen atoms in total. The average Bonchev–Trinajstić information content (AvgIpc) is 2.89. The summed E-state index contributed by atoms with van der Waals surface area (Å²) in [6.07, 6.45) is -2.40. The van der Waals surface area contributed by atoms with E-state index in [0.29, 0.717) is 30.3 Å². The number of rotatable bonds is 9. The first-order valence-corrected chi connectivity index (χ1v) is 12.7. The van der Waals surface area contributed by atoms with Gasteiger partial charge in [-0.25, -0.2) is 4.79 Å². The molecule has 0 aliphatic rings. The van der Waals surface area contributed by atoms with Gasteiger partial charge in [-0.3, -0.25) is 4.79 Å². The fraction of sp³-hybridized carbons (Fsp3) is 0.226. The minimum Gasteiger partial charge on any atom is -0.490 e. The predicted octanol–water partition coefficient (Wildman–Crippen LogP) is 7.64. The van der Waals surface area contributed by atoms with Gasteiger partial charge in [0.05, 0.1) is 18.6 Å². The van der Waals surface area contributed by atoms with Gasteiger partial charge in [-0.1, -0.05) is 12.1 Å². The molecule has 0 aliphatic heterocycles. The van der Waals surface area contributed by atoms with Crippen molar-refractivity contribution in [3.05, 3.63) is 93.3 Å². The molecule has 0 unspecified atom stereocenters. The summed E-state index contributed by atoms with van der Waals surface area (Å²) in [6, 6.07) is 13.5. The molecular weight excluding hydrogens is 541 g/mol. The molecule has 0 bridgehead atoms. The van der Waals surface area contributed by atoms with E-state index in [1.807, 2.05) is 19.9 Å². The van der Waals surface area contributed by atoms with Gasteiger partial charge in [0.15, 0.2) is 11.5 Å². The largest absolute Gasteiger partial charge is 0.490 e. The van der Waals surface area contributed by atoms with E-state index in [0.717, 1.165) is 23.3 Å². The summed E-state index contributed by atoms with van der Waals surface area (Å²) < 4.78 is 68.6. The van der Waals surface area contributed by atoms with Crippen molar-refractivity contribution in [2.75, 3.05) is 13.2 Å². The van der Waals surface area contributed by atoms with Crippen molar-refractivity contribution >= 4 is 23.0 Å². The molecular formula is C31H27F3O7. The first-order chi connectivity index (χ1) is 19.5. The first-order valence-electron chi connectivity index (χ1n) is 12.7. The van der Waals surface area contributed by atoms with E-state index in [4.69, 9.17) is 23.4 Å². The van der Waals surface area contributed by atoms with Crippen molar-refractivity contribution in [1.82, 2.24) is 0 Å². The van der Waals surface area contributed by atoms with E-state index in [1.54, 1.807) is 32.0 Å². The Labute approximate surface area is 233 Å². The van der Waals surface area contributed by atoms with Crippen LogP contribution in [0.5, 0.6) is 28.7 Å². The number of fused-ring (bicyclic) bond motifs is 1. The van der Waals surface area contributed by atoms with E-state index in [2.05, 4.69) is 0 Å². The molecule has 4 aromatic rings. The van der Waals surface area contributed by atoms with E-state index in [-0.39, 0.29) is 16.9 Å². The quantitative estimate of drug-likeness (QED) is 0.117. The molecule has 0 saturated carbocycles. The lowest BCUT2D eigenvalue weighted by Gasteiger charge is -2.14. The maximum absolute atomic E-state index is 13.9. The summed E-state index contributed by atoms with van der Waals surface area (Å²) in [7, 11) is 0. The smallest absolute Gasteiger partial charge is 0.453 e. The van der Waals surface area contributed by atoms with E-state index < -0.39 is 34.7 Å². The topological polar surface area (TPSA) is 84.2 Å². The fourth-order valence-corrected chi connectivity index (χ4v) is 4.09. The van der Waals surface area contributed by atoms with Crippen LogP contribution in [0, 0.1) is 13.8 Å². The third-order valence-corrected chi connectivity index (χ3v) is 5.69. The van der Waals surface area contributed by atoms with E-state index in [9.17, 15) is 22.8 Å². The van der Waals surface area contributed by atoms with Gasteiger partial charge in [0.25, 0.3) is 5.76 Å². The van der Waals surface area contributed by atoms with Gasteiger partial charge < -0.3 is 23.4 Å². The zero-order chi connectivity index (χ0) is 29.7. The molecule has 41 heavy (non-hydrogen) atoms. The molecule has 3 aromatic carbocycles. The van der Waals surface area contributed by atoms with Crippen molar-refractivity contribution in [2.45, 2.75) is 33.9 Å². The standard InChI is InChI=1S/C31H27F3O7/c1-5-37-24-11-7-20(16-26(24)38-6-2)8-12-27(35)39-21-9-10-23-25(17-21)41-30(31(32,33)34)29(28(23)36)40-22-14-18(3)13-19(4)15-22/h7-17H,5-6H2,1-4H3. The Balaban J connectivity index is 1.61. The Bertz CT molecular complexity index is 1650. The Morgan fingerprint density at radius 2 is 1.56 bits per heavy atom. The van der Waals surface area contributed by atoms with E-state index in [1.165, 1.54) is 30.3 Å². The Morgan fingerprint density at radius 1 is 0.878 bits per heavy atom. The summed E-state index contributed by atoms with van der Waals surface area (Å²) in [4.78, 5) is 25.5. The van der Waals surface area contributed by atoms with Crippen LogP contribution in [-0.2, 0) is 11.0 Å². The van der Waals surface area contributed by atoms with Crippen LogP contribution in [0.4, 0.5) is 13.2 Å². The number of esters is 1. The highest BCUT2D eigenvalue weighted by Crippen LogP contribution is 2.39. The van der Waals surface area contributed by atoms with Crippen LogP contribution in [0.2, 0.25) is 0 Å². The number of carbonyl (C=O) groups excluding carboxylic acids is 1. The lowest BCUT2D eigenvalue weighted by molar-refractivity contribution is -0.154. The van der Waals surface area contributed by atoms with Crippen LogP contribution < -0.4 is 24.4 Å². The number of hydrogen-bond donors (Lipinski definition) is 0. The predicted molar refractivity (Wildman–Crippen MR) is 147 cm³/mol. The van der Waals surface area contributed by atoms with Gasteiger partial charge in [0, 0.05) is 12.1 Å². The summed E-state index contributed by atoms with van der Waals surface area (Å²) >= 11 is 0. The van der Waals surface area contributed by atoms with Gasteiger partial charge in [-0.2, -0.15) is 13.2 Å². The average molecular weight is 569 g/mol. The molecule has 0 atom stereocenters. The molecule has 1 heterocycles. The molecule has 1 aromatic heterocycles. The number of hydrogen-bond acceptors (Lipinski definition) is 7. The number of ether oxygens (including phenoxy) is 4. The molecule has 0 fully saturated rings. The van der Waals surface area contributed by atoms with Crippen molar-refractivity contribution in [2.24, 2.45) is 0 Å². The Kier molecular flexibility index (Phi) is 8.71. The van der Waals surface area contributed by atoms with E-state index >= 15 is 0 Å². The summed E-state index contributed by atoms with van der Waals surface area (Å²) in [5.74, 6) is -2.36. The number of carbonyl (C=O) groups is 1. The summed E-state index contributed by atoms with van der Waals surface area (Å²) in [5.41, 5.74) is 0.686. The maximum atomic E-state index is 13.9. The van der Waals surface area contributed by atoms with Crippen LogP contribution in [-0.4, -0.2) is 19.2 Å². The highest BCUT2D eigenvalue weighted by Gasteiger charge is 2.40. The molecule has 0 aliphatic carbocycles. The second-order valence-corrected chi connectivity index (χ2v) is 9.00. The SMILES string of the molecule is CCOc1ccc(C=CC(=O)Oc2ccc3c(=O)c(Oc4cc(C)cc(C)c4)c(C(F)(F)F)oc3c2)cc1OCC. The highest BCUT2D eigenvalue weighted by molar-refractivity contribution is 5.89. The van der Waals surface area contributed by atoms with Crippen LogP contribution in [0.15, 0.2) is 69.9 Å². The van der Waals surface area contributed by atoms with Gasteiger partial charge in [-0.05, 0) is 86.9 Å². The molecule has 0 amide bonds. The number of alkyl halides is 3. The lowest BCUT2D eigenvalue weighted by Crippen LogP contribution is -2.15.